The molecule has 0 saturated carbocycles. The van der Waals surface area contributed by atoms with Gasteiger partial charge in [0.1, 0.15) is 11.8 Å². The predicted octanol–water partition coefficient (Wildman–Crippen LogP) is 4.75. The Morgan fingerprint density at radius 2 is 2.11 bits per heavy atom. The minimum Gasteiger partial charge on any atom is -0.504 e. The molecular weight excluding hydrogens is 356 g/mol. The Kier molecular flexibility index (Phi) is 5.41. The van der Waals surface area contributed by atoms with Gasteiger partial charge in [-0.3, -0.25) is 0 Å². The summed E-state index contributed by atoms with van der Waals surface area (Å²) in [5.41, 5.74) is 1.73. The zero-order valence-corrected chi connectivity index (χ0v) is 16.5. The van der Waals surface area contributed by atoms with E-state index < -0.39 is 0 Å². The number of aromatic nitrogens is 2. The number of nitrogens with zero attached hydrogens (tertiary/aromatic N) is 3. The number of piperidine rings is 1. The first-order valence-electron chi connectivity index (χ1n) is 10.1. The Bertz CT molecular complexity index is 909. The number of hydrogen-bond donors (Lipinski definition) is 2. The SMILES string of the molecule is CC(C)c1noc(N2CCC(CCCNc3ccc4c(O)coc4c3)CC2)n1. The van der Waals surface area contributed by atoms with Crippen molar-refractivity contribution in [1.82, 2.24) is 10.1 Å². The zero-order valence-electron chi connectivity index (χ0n) is 16.5. The molecule has 2 aromatic heterocycles. The molecule has 0 unspecified atom stereocenters. The Morgan fingerprint density at radius 3 is 2.86 bits per heavy atom. The number of fused-ring (bicyclic) bond motifs is 1. The van der Waals surface area contributed by atoms with E-state index in [0.29, 0.717) is 17.5 Å². The lowest BCUT2D eigenvalue weighted by molar-refractivity contribution is 0.346. The minimum atomic E-state index is 0.189. The lowest BCUT2D eigenvalue weighted by Gasteiger charge is -2.30. The summed E-state index contributed by atoms with van der Waals surface area (Å²) >= 11 is 0. The summed E-state index contributed by atoms with van der Waals surface area (Å²) < 4.78 is 10.8. The first kappa shape index (κ1) is 18.7. The molecule has 0 radical (unpaired) electrons. The van der Waals surface area contributed by atoms with Crippen LogP contribution < -0.4 is 10.2 Å². The van der Waals surface area contributed by atoms with Crippen molar-refractivity contribution in [2.24, 2.45) is 5.92 Å². The van der Waals surface area contributed by atoms with E-state index in [-0.39, 0.29) is 5.75 Å². The Labute approximate surface area is 164 Å². The highest BCUT2D eigenvalue weighted by Crippen LogP contribution is 2.29. The van der Waals surface area contributed by atoms with Gasteiger partial charge in [0.2, 0.25) is 0 Å². The van der Waals surface area contributed by atoms with E-state index >= 15 is 0 Å². The average Bonchev–Trinajstić information content (AvgIpc) is 3.33. The molecule has 1 saturated heterocycles. The molecule has 3 heterocycles. The van der Waals surface area contributed by atoms with Crippen molar-refractivity contribution < 1.29 is 14.0 Å². The molecule has 1 fully saturated rings. The van der Waals surface area contributed by atoms with Crippen LogP contribution in [0.15, 0.2) is 33.4 Å². The zero-order chi connectivity index (χ0) is 19.5. The lowest BCUT2D eigenvalue weighted by Crippen LogP contribution is -2.34. The van der Waals surface area contributed by atoms with Crippen LogP contribution >= 0.6 is 0 Å². The molecule has 3 aromatic rings. The Morgan fingerprint density at radius 1 is 1.29 bits per heavy atom. The number of furan rings is 1. The summed E-state index contributed by atoms with van der Waals surface area (Å²) in [6.45, 7) is 7.05. The fourth-order valence-corrected chi connectivity index (χ4v) is 3.75. The molecular formula is C21H28N4O3. The minimum absolute atomic E-state index is 0.189. The second-order valence-corrected chi connectivity index (χ2v) is 7.92. The third-order valence-electron chi connectivity index (χ3n) is 5.51. The van der Waals surface area contributed by atoms with Crippen LogP contribution in [-0.2, 0) is 0 Å². The second-order valence-electron chi connectivity index (χ2n) is 7.92. The van der Waals surface area contributed by atoms with Gasteiger partial charge in [-0.15, -0.1) is 0 Å². The molecule has 7 nitrogen and oxygen atoms in total. The molecule has 1 aromatic carbocycles. The van der Waals surface area contributed by atoms with E-state index in [9.17, 15) is 5.11 Å². The standard InChI is InChI=1S/C21H28N4O3/c1-14(2)20-23-21(28-24-20)25-10-7-15(8-11-25)4-3-9-22-16-5-6-17-18(26)13-27-19(17)12-16/h5-6,12-15,22,26H,3-4,7-11H2,1-2H3. The van der Waals surface area contributed by atoms with E-state index in [0.717, 1.165) is 61.7 Å². The average molecular weight is 384 g/mol. The summed E-state index contributed by atoms with van der Waals surface area (Å²) in [7, 11) is 0. The van der Waals surface area contributed by atoms with Gasteiger partial charge in [-0.25, -0.2) is 0 Å². The molecule has 0 aliphatic carbocycles. The Balaban J connectivity index is 1.19. The van der Waals surface area contributed by atoms with Crippen LogP contribution in [0.3, 0.4) is 0 Å². The summed E-state index contributed by atoms with van der Waals surface area (Å²) in [5.74, 6) is 2.01. The molecule has 4 rings (SSSR count). The van der Waals surface area contributed by atoms with Gasteiger partial charge in [0.25, 0.3) is 0 Å². The highest BCUT2D eigenvalue weighted by molar-refractivity contribution is 5.86. The maximum atomic E-state index is 9.65. The second kappa shape index (κ2) is 8.12. The smallest absolute Gasteiger partial charge is 0.324 e. The molecule has 1 aliphatic rings. The molecule has 0 spiro atoms. The van der Waals surface area contributed by atoms with Gasteiger partial charge in [0.05, 0.1) is 5.39 Å². The molecule has 2 N–H and O–H groups in total. The highest BCUT2D eigenvalue weighted by atomic mass is 16.5. The van der Waals surface area contributed by atoms with E-state index in [2.05, 4.69) is 34.2 Å². The third-order valence-corrected chi connectivity index (χ3v) is 5.51. The van der Waals surface area contributed by atoms with Crippen molar-refractivity contribution >= 4 is 22.7 Å². The monoisotopic (exact) mass is 384 g/mol. The van der Waals surface area contributed by atoms with Gasteiger partial charge >= 0.3 is 6.01 Å². The number of anilines is 2. The first-order valence-corrected chi connectivity index (χ1v) is 10.1. The van der Waals surface area contributed by atoms with Crippen molar-refractivity contribution in [3.05, 3.63) is 30.3 Å². The first-order chi connectivity index (χ1) is 13.6. The highest BCUT2D eigenvalue weighted by Gasteiger charge is 2.23. The number of aromatic hydroxyl groups is 1. The number of benzene rings is 1. The summed E-state index contributed by atoms with van der Waals surface area (Å²) in [6.07, 6.45) is 6.04. The molecule has 7 heteroatoms. The molecule has 1 aliphatic heterocycles. The number of hydrogen-bond acceptors (Lipinski definition) is 7. The van der Waals surface area contributed by atoms with E-state index in [1.165, 1.54) is 12.7 Å². The maximum absolute atomic E-state index is 9.65. The summed E-state index contributed by atoms with van der Waals surface area (Å²) in [4.78, 5) is 6.72. The molecule has 150 valence electrons. The van der Waals surface area contributed by atoms with Gasteiger partial charge < -0.3 is 24.3 Å². The van der Waals surface area contributed by atoms with Crippen LogP contribution in [0.25, 0.3) is 11.0 Å². The normalized spacial score (nSPS) is 15.6. The lowest BCUT2D eigenvalue weighted by atomic mass is 9.92. The predicted molar refractivity (Wildman–Crippen MR) is 109 cm³/mol. The molecule has 0 atom stereocenters. The van der Waals surface area contributed by atoms with Gasteiger partial charge in [0, 0.05) is 37.3 Å². The van der Waals surface area contributed by atoms with E-state index in [1.54, 1.807) is 0 Å². The van der Waals surface area contributed by atoms with Crippen LogP contribution in [0.5, 0.6) is 5.75 Å². The number of rotatable bonds is 7. The molecule has 0 amide bonds. The van der Waals surface area contributed by atoms with Crippen LogP contribution in [-0.4, -0.2) is 34.9 Å². The van der Waals surface area contributed by atoms with E-state index in [1.807, 2.05) is 18.2 Å². The summed E-state index contributed by atoms with van der Waals surface area (Å²) in [6, 6.07) is 6.46. The number of nitrogens with one attached hydrogen (secondary N) is 1. The van der Waals surface area contributed by atoms with Crippen molar-refractivity contribution in [1.29, 1.82) is 0 Å². The van der Waals surface area contributed by atoms with Crippen LogP contribution in [0.4, 0.5) is 11.7 Å². The van der Waals surface area contributed by atoms with Crippen molar-refractivity contribution in [2.75, 3.05) is 29.9 Å². The maximum Gasteiger partial charge on any atom is 0.324 e. The van der Waals surface area contributed by atoms with E-state index in [4.69, 9.17) is 8.94 Å². The van der Waals surface area contributed by atoms with Gasteiger partial charge in [0.15, 0.2) is 11.6 Å². The van der Waals surface area contributed by atoms with Gasteiger partial charge in [-0.1, -0.05) is 19.0 Å². The van der Waals surface area contributed by atoms with Gasteiger partial charge in [-0.05, 0) is 43.7 Å². The Hall–Kier alpha value is -2.70. The largest absolute Gasteiger partial charge is 0.504 e. The van der Waals surface area contributed by atoms with Crippen molar-refractivity contribution in [2.45, 2.75) is 45.4 Å². The van der Waals surface area contributed by atoms with Crippen molar-refractivity contribution in [3.8, 4) is 5.75 Å². The van der Waals surface area contributed by atoms with Crippen LogP contribution in [0, 0.1) is 5.92 Å². The van der Waals surface area contributed by atoms with Gasteiger partial charge in [-0.2, -0.15) is 4.98 Å². The third kappa shape index (κ3) is 4.08. The van der Waals surface area contributed by atoms with Crippen LogP contribution in [0.1, 0.15) is 51.3 Å². The quantitative estimate of drug-likeness (QED) is 0.568. The van der Waals surface area contributed by atoms with Crippen molar-refractivity contribution in [3.63, 3.8) is 0 Å². The topological polar surface area (TPSA) is 87.6 Å². The molecule has 28 heavy (non-hydrogen) atoms. The summed E-state index contributed by atoms with van der Waals surface area (Å²) in [5, 5.41) is 17.9. The van der Waals surface area contributed by atoms with Crippen LogP contribution in [0.2, 0.25) is 0 Å². The fourth-order valence-electron chi connectivity index (χ4n) is 3.75. The fraction of sp³-hybridized carbons (Fsp3) is 0.524. The molecule has 0 bridgehead atoms.